The van der Waals surface area contributed by atoms with Gasteiger partial charge in [-0.25, -0.2) is 5.15 Å². The first-order valence-corrected chi connectivity index (χ1v) is 6.08. The van der Waals surface area contributed by atoms with E-state index >= 15 is 0 Å². The SMILES string of the molecule is C=C[Si]1(C)CCCON1. The minimum atomic E-state index is -1.32. The Balaban J connectivity index is 2.46. The molecule has 1 saturated heterocycles. The Morgan fingerprint density at radius 3 is 2.89 bits per heavy atom. The molecule has 52 valence electrons. The fraction of sp³-hybridized carbons (Fsp3) is 0.667. The largest absolute Gasteiger partial charge is 0.309 e. The van der Waals surface area contributed by atoms with Gasteiger partial charge in [-0.15, -0.1) is 6.58 Å². The molecule has 0 aliphatic carbocycles. The van der Waals surface area contributed by atoms with E-state index in [4.69, 9.17) is 4.84 Å². The van der Waals surface area contributed by atoms with Gasteiger partial charge in [-0.1, -0.05) is 12.2 Å². The lowest BCUT2D eigenvalue weighted by Gasteiger charge is -2.28. The zero-order valence-corrected chi connectivity index (χ0v) is 6.81. The number of nitrogens with one attached hydrogen (secondary N) is 1. The lowest BCUT2D eigenvalue weighted by molar-refractivity contribution is 0.0747. The number of hydrogen-bond acceptors (Lipinski definition) is 2. The maximum absolute atomic E-state index is 5.12. The fourth-order valence-corrected chi connectivity index (χ4v) is 2.62. The lowest BCUT2D eigenvalue weighted by atomic mass is 10.5. The number of hydrogen-bond donors (Lipinski definition) is 1. The van der Waals surface area contributed by atoms with Crippen LogP contribution in [0.5, 0.6) is 0 Å². The highest BCUT2D eigenvalue weighted by Crippen LogP contribution is 2.13. The van der Waals surface area contributed by atoms with Gasteiger partial charge in [0.2, 0.25) is 0 Å². The normalized spacial score (nSPS) is 36.1. The highest BCUT2D eigenvalue weighted by molar-refractivity contribution is 6.80. The van der Waals surface area contributed by atoms with Gasteiger partial charge in [0, 0.05) is 0 Å². The summed E-state index contributed by atoms with van der Waals surface area (Å²) in [5.41, 5.74) is 2.03. The van der Waals surface area contributed by atoms with Crippen LogP contribution in [0.2, 0.25) is 12.6 Å². The molecule has 0 aromatic carbocycles. The van der Waals surface area contributed by atoms with Crippen molar-refractivity contribution in [3.63, 3.8) is 0 Å². The van der Waals surface area contributed by atoms with E-state index in [0.717, 1.165) is 6.61 Å². The highest BCUT2D eigenvalue weighted by atomic mass is 28.3. The minimum absolute atomic E-state index is 0.858. The molecule has 1 unspecified atom stereocenters. The van der Waals surface area contributed by atoms with Gasteiger partial charge in [0.1, 0.15) is 0 Å². The third-order valence-electron chi connectivity index (χ3n) is 1.70. The number of rotatable bonds is 1. The van der Waals surface area contributed by atoms with Crippen LogP contribution in [0.25, 0.3) is 0 Å². The molecule has 1 atom stereocenters. The monoisotopic (exact) mass is 143 g/mol. The first-order valence-electron chi connectivity index (χ1n) is 3.29. The van der Waals surface area contributed by atoms with Gasteiger partial charge in [-0.3, -0.25) is 0 Å². The van der Waals surface area contributed by atoms with Crippen LogP contribution in [0.15, 0.2) is 12.3 Å². The van der Waals surface area contributed by atoms with Gasteiger partial charge >= 0.3 is 0 Å². The molecule has 1 fully saturated rings. The summed E-state index contributed by atoms with van der Waals surface area (Å²) in [6, 6.07) is 1.26. The molecule has 1 aliphatic heterocycles. The van der Waals surface area contributed by atoms with Crippen LogP contribution in [0.4, 0.5) is 0 Å². The van der Waals surface area contributed by atoms with Crippen LogP contribution < -0.4 is 5.15 Å². The Morgan fingerprint density at radius 2 is 2.56 bits per heavy atom. The van der Waals surface area contributed by atoms with Crippen molar-refractivity contribution < 1.29 is 4.84 Å². The Morgan fingerprint density at radius 1 is 1.78 bits per heavy atom. The smallest absolute Gasteiger partial charge is 0.176 e. The molecule has 1 aliphatic rings. The predicted molar refractivity (Wildman–Crippen MR) is 40.3 cm³/mol. The Hall–Kier alpha value is -0.123. The molecule has 0 aromatic rings. The van der Waals surface area contributed by atoms with E-state index in [1.807, 2.05) is 5.70 Å². The second-order valence-electron chi connectivity index (χ2n) is 2.68. The first kappa shape index (κ1) is 6.99. The quantitative estimate of drug-likeness (QED) is 0.557. The maximum Gasteiger partial charge on any atom is 0.176 e. The predicted octanol–water partition coefficient (Wildman–Crippen LogP) is 1.21. The van der Waals surface area contributed by atoms with Crippen LogP contribution in [-0.4, -0.2) is 14.8 Å². The summed E-state index contributed by atoms with van der Waals surface area (Å²) < 4.78 is 0. The summed E-state index contributed by atoms with van der Waals surface area (Å²) in [5.74, 6) is 0. The zero-order valence-electron chi connectivity index (χ0n) is 5.81. The van der Waals surface area contributed by atoms with Crippen molar-refractivity contribution in [3.05, 3.63) is 12.3 Å². The molecule has 3 heteroatoms. The van der Waals surface area contributed by atoms with Gasteiger partial charge in [0.15, 0.2) is 8.24 Å². The molecular formula is C6H13NOSi. The molecule has 1 rings (SSSR count). The molecule has 0 aromatic heterocycles. The van der Waals surface area contributed by atoms with Crippen molar-refractivity contribution in [2.24, 2.45) is 0 Å². The maximum atomic E-state index is 5.12. The van der Waals surface area contributed by atoms with Gasteiger partial charge in [-0.2, -0.15) is 0 Å². The Kier molecular flexibility index (Phi) is 2.05. The molecule has 9 heavy (non-hydrogen) atoms. The molecule has 0 spiro atoms. The van der Waals surface area contributed by atoms with E-state index < -0.39 is 8.24 Å². The first-order chi connectivity index (χ1) is 4.27. The van der Waals surface area contributed by atoms with Crippen molar-refractivity contribution in [1.82, 2.24) is 5.15 Å². The van der Waals surface area contributed by atoms with E-state index in [1.54, 1.807) is 0 Å². The summed E-state index contributed by atoms with van der Waals surface area (Å²) in [6.45, 7) is 6.85. The Labute approximate surface area is 56.9 Å². The van der Waals surface area contributed by atoms with Crippen LogP contribution in [0.1, 0.15) is 6.42 Å². The third-order valence-corrected chi connectivity index (χ3v) is 4.60. The van der Waals surface area contributed by atoms with Gasteiger partial charge in [-0.05, 0) is 12.5 Å². The zero-order chi connectivity index (χ0) is 6.74. The van der Waals surface area contributed by atoms with Crippen LogP contribution in [-0.2, 0) is 4.84 Å². The van der Waals surface area contributed by atoms with Crippen molar-refractivity contribution in [3.8, 4) is 0 Å². The highest BCUT2D eigenvalue weighted by Gasteiger charge is 2.26. The average Bonchev–Trinajstić information content (AvgIpc) is 1.90. The van der Waals surface area contributed by atoms with E-state index in [9.17, 15) is 0 Å². The average molecular weight is 143 g/mol. The second kappa shape index (κ2) is 2.64. The molecule has 0 bridgehead atoms. The van der Waals surface area contributed by atoms with E-state index in [0.29, 0.717) is 0 Å². The van der Waals surface area contributed by atoms with Gasteiger partial charge in [0.05, 0.1) is 6.61 Å². The third kappa shape index (κ3) is 1.64. The van der Waals surface area contributed by atoms with Crippen molar-refractivity contribution in [2.45, 2.75) is 19.0 Å². The summed E-state index contributed by atoms with van der Waals surface area (Å²) in [4.78, 5) is 5.12. The van der Waals surface area contributed by atoms with Crippen LogP contribution in [0, 0.1) is 0 Å². The standard InChI is InChI=1S/C6H13NOSi/c1-3-9(2)6-4-5-8-7-9/h3,7H,1,4-6H2,2H3. The molecule has 0 saturated carbocycles. The van der Waals surface area contributed by atoms with E-state index in [1.165, 1.54) is 12.5 Å². The minimum Gasteiger partial charge on any atom is -0.309 e. The molecule has 1 N–H and O–H groups in total. The molecule has 0 radical (unpaired) electrons. The van der Waals surface area contributed by atoms with Gasteiger partial charge < -0.3 is 4.84 Å². The fourth-order valence-electron chi connectivity index (χ4n) is 0.922. The second-order valence-corrected chi connectivity index (χ2v) is 6.62. The summed E-state index contributed by atoms with van der Waals surface area (Å²) in [6.07, 6.45) is 1.18. The summed E-state index contributed by atoms with van der Waals surface area (Å²) in [5, 5.41) is 3.07. The molecule has 1 heterocycles. The molecular weight excluding hydrogens is 130 g/mol. The van der Waals surface area contributed by atoms with Crippen molar-refractivity contribution in [1.29, 1.82) is 0 Å². The van der Waals surface area contributed by atoms with E-state index in [-0.39, 0.29) is 0 Å². The topological polar surface area (TPSA) is 21.3 Å². The van der Waals surface area contributed by atoms with Crippen LogP contribution in [0.3, 0.4) is 0 Å². The summed E-state index contributed by atoms with van der Waals surface area (Å²) >= 11 is 0. The lowest BCUT2D eigenvalue weighted by Crippen LogP contribution is -2.49. The summed E-state index contributed by atoms with van der Waals surface area (Å²) in [7, 11) is -1.32. The van der Waals surface area contributed by atoms with Crippen LogP contribution >= 0.6 is 0 Å². The molecule has 0 amide bonds. The van der Waals surface area contributed by atoms with E-state index in [2.05, 4.69) is 18.3 Å². The Bertz CT molecular complexity index is 110. The molecule has 2 nitrogen and oxygen atoms in total. The van der Waals surface area contributed by atoms with Crippen molar-refractivity contribution in [2.75, 3.05) is 6.61 Å². The van der Waals surface area contributed by atoms with Gasteiger partial charge in [0.25, 0.3) is 0 Å². The van der Waals surface area contributed by atoms with Crippen molar-refractivity contribution >= 4 is 8.24 Å².